The van der Waals surface area contributed by atoms with Crippen LogP contribution in [-0.4, -0.2) is 51.7 Å². The number of aliphatic carboxylic acids is 1. The normalized spacial score (nSPS) is 14.7. The molecule has 2 unspecified atom stereocenters. The van der Waals surface area contributed by atoms with Gasteiger partial charge in [0.25, 0.3) is 0 Å². The van der Waals surface area contributed by atoms with Crippen molar-refractivity contribution in [2.45, 2.75) is 64.0 Å². The number of fused-ring (bicyclic) bond motifs is 1. The topological polar surface area (TPSA) is 107 Å². The third kappa shape index (κ3) is 6.28. The highest BCUT2D eigenvalue weighted by Crippen LogP contribution is 2.26. The van der Waals surface area contributed by atoms with Crippen molar-refractivity contribution < 1.29 is 19.9 Å². The Kier molecular flexibility index (Phi) is 8.22. The lowest BCUT2D eigenvalue weighted by Crippen LogP contribution is -2.62. The fourth-order valence-corrected chi connectivity index (χ4v) is 4.20. The van der Waals surface area contributed by atoms with Crippen molar-refractivity contribution in [1.29, 1.82) is 0 Å². The maximum atomic E-state index is 10.6. The summed E-state index contributed by atoms with van der Waals surface area (Å²) in [6.45, 7) is 4.45. The van der Waals surface area contributed by atoms with Crippen molar-refractivity contribution >= 4 is 23.9 Å². The van der Waals surface area contributed by atoms with Crippen LogP contribution in [-0.2, 0) is 11.3 Å². The Morgan fingerprint density at radius 2 is 1.79 bits per heavy atom. The Labute approximate surface area is 173 Å². The van der Waals surface area contributed by atoms with E-state index >= 15 is 0 Å². The van der Waals surface area contributed by atoms with Gasteiger partial charge in [-0.3, -0.25) is 9.69 Å². The molecule has 5 N–H and O–H groups in total. The highest BCUT2D eigenvalue weighted by Gasteiger charge is 2.41. The largest absolute Gasteiger partial charge is 0.481 e. The van der Waals surface area contributed by atoms with Crippen LogP contribution >= 0.6 is 0 Å². The number of carbonyl (C=O) groups is 1. The molecule has 0 aliphatic heterocycles. The number of likely N-dealkylation sites (N-methyl/N-ethyl adjacent to an activating group) is 1. The van der Waals surface area contributed by atoms with Gasteiger partial charge in [0.2, 0.25) is 0 Å². The SMILES string of the molecule is Cc1ccc(CN(C)C(B(O)O)C(C)(N)CCCCCC(=O)O)c2ccccc12. The third-order valence-corrected chi connectivity index (χ3v) is 5.69. The number of nitrogens with zero attached hydrogens (tertiary/aromatic N) is 1. The molecule has 2 atom stereocenters. The van der Waals surface area contributed by atoms with Crippen LogP contribution in [0.4, 0.5) is 0 Å². The molecule has 6 nitrogen and oxygen atoms in total. The highest BCUT2D eigenvalue weighted by atomic mass is 16.4. The predicted octanol–water partition coefficient (Wildman–Crippen LogP) is 2.71. The number of unbranched alkanes of at least 4 members (excludes halogenated alkanes) is 2. The number of nitrogens with two attached hydrogens (primary N) is 1. The number of benzene rings is 2. The van der Waals surface area contributed by atoms with Crippen LogP contribution in [0, 0.1) is 6.92 Å². The average Bonchev–Trinajstić information content (AvgIpc) is 2.63. The van der Waals surface area contributed by atoms with Gasteiger partial charge in [-0.15, -0.1) is 0 Å². The summed E-state index contributed by atoms with van der Waals surface area (Å²) < 4.78 is 0. The van der Waals surface area contributed by atoms with Crippen molar-refractivity contribution in [3.63, 3.8) is 0 Å². The summed E-state index contributed by atoms with van der Waals surface area (Å²) in [4.78, 5) is 12.5. The number of hydrogen-bond donors (Lipinski definition) is 4. The second-order valence-electron chi connectivity index (χ2n) is 8.32. The van der Waals surface area contributed by atoms with Gasteiger partial charge in [0.1, 0.15) is 0 Å². The molecule has 0 amide bonds. The van der Waals surface area contributed by atoms with Gasteiger partial charge in [-0.2, -0.15) is 0 Å². The first kappa shape index (κ1) is 23.4. The molecule has 0 bridgehead atoms. The molecule has 0 heterocycles. The Morgan fingerprint density at radius 3 is 2.41 bits per heavy atom. The Morgan fingerprint density at radius 1 is 1.14 bits per heavy atom. The third-order valence-electron chi connectivity index (χ3n) is 5.69. The standard InChI is InChI=1S/C22H33BN2O4/c1-16-12-13-17(19-10-7-6-9-18(16)19)15-25(3)21(23(28)29)22(2,24)14-8-4-5-11-20(26)27/h6-7,9-10,12-13,21,28-29H,4-5,8,11,14-15,24H2,1-3H3,(H,26,27). The first-order valence-electron chi connectivity index (χ1n) is 10.2. The highest BCUT2D eigenvalue weighted by molar-refractivity contribution is 6.43. The Balaban J connectivity index is 2.12. The van der Waals surface area contributed by atoms with Crippen molar-refractivity contribution in [1.82, 2.24) is 4.90 Å². The van der Waals surface area contributed by atoms with Crippen molar-refractivity contribution in [3.8, 4) is 0 Å². The zero-order valence-electron chi connectivity index (χ0n) is 17.6. The minimum absolute atomic E-state index is 0.147. The molecule has 0 aliphatic rings. The van der Waals surface area contributed by atoms with Gasteiger partial charge in [0, 0.05) is 18.5 Å². The maximum Gasteiger partial charge on any atom is 0.471 e. The molecule has 158 valence electrons. The molecule has 2 aromatic carbocycles. The number of carboxylic acid groups (broad SMARTS) is 1. The molecule has 0 spiro atoms. The van der Waals surface area contributed by atoms with E-state index in [-0.39, 0.29) is 6.42 Å². The number of aryl methyl sites for hydroxylation is 1. The van der Waals surface area contributed by atoms with Crippen LogP contribution in [0.1, 0.15) is 50.2 Å². The molecule has 29 heavy (non-hydrogen) atoms. The van der Waals surface area contributed by atoms with Crippen LogP contribution in [0.25, 0.3) is 10.8 Å². The van der Waals surface area contributed by atoms with E-state index in [1.165, 1.54) is 10.9 Å². The quantitative estimate of drug-likeness (QED) is 0.341. The smallest absolute Gasteiger partial charge is 0.471 e. The van der Waals surface area contributed by atoms with E-state index in [9.17, 15) is 14.8 Å². The molecule has 7 heteroatoms. The molecule has 0 saturated heterocycles. The summed E-state index contributed by atoms with van der Waals surface area (Å²) in [6.07, 6.45) is 2.81. The molecule has 0 fully saturated rings. The summed E-state index contributed by atoms with van der Waals surface area (Å²) in [6, 6.07) is 12.4. The van der Waals surface area contributed by atoms with E-state index in [4.69, 9.17) is 10.8 Å². The number of hydrogen-bond acceptors (Lipinski definition) is 5. The van der Waals surface area contributed by atoms with Gasteiger partial charge in [-0.1, -0.05) is 49.2 Å². The van der Waals surface area contributed by atoms with E-state index in [2.05, 4.69) is 31.2 Å². The van der Waals surface area contributed by atoms with E-state index in [1.807, 2.05) is 31.0 Å². The Bertz CT molecular complexity index is 826. The molecule has 2 aromatic rings. The van der Waals surface area contributed by atoms with Gasteiger partial charge >= 0.3 is 13.1 Å². The lowest BCUT2D eigenvalue weighted by molar-refractivity contribution is -0.137. The van der Waals surface area contributed by atoms with Crippen LogP contribution in [0.15, 0.2) is 36.4 Å². The van der Waals surface area contributed by atoms with Gasteiger partial charge in [0.05, 0.1) is 5.94 Å². The van der Waals surface area contributed by atoms with Gasteiger partial charge in [0.15, 0.2) is 0 Å². The lowest BCUT2D eigenvalue weighted by Gasteiger charge is -2.40. The van der Waals surface area contributed by atoms with Crippen LogP contribution in [0.2, 0.25) is 0 Å². The predicted molar refractivity (Wildman–Crippen MR) is 117 cm³/mol. The minimum atomic E-state index is -1.58. The maximum absolute atomic E-state index is 10.6. The van der Waals surface area contributed by atoms with E-state index in [1.54, 1.807) is 0 Å². The second kappa shape index (κ2) is 10.2. The minimum Gasteiger partial charge on any atom is -0.481 e. The summed E-state index contributed by atoms with van der Waals surface area (Å²) in [7, 11) is 0.277. The summed E-state index contributed by atoms with van der Waals surface area (Å²) in [5.41, 5.74) is 8.00. The molecule has 0 saturated carbocycles. The second-order valence-corrected chi connectivity index (χ2v) is 8.32. The monoisotopic (exact) mass is 400 g/mol. The molecular weight excluding hydrogens is 367 g/mol. The first-order chi connectivity index (χ1) is 13.6. The zero-order chi connectivity index (χ0) is 21.6. The lowest BCUT2D eigenvalue weighted by atomic mass is 9.66. The number of carboxylic acids is 1. The Hall–Kier alpha value is -1.93. The molecule has 0 aliphatic carbocycles. The van der Waals surface area contributed by atoms with Gasteiger partial charge < -0.3 is 20.9 Å². The van der Waals surface area contributed by atoms with Crippen molar-refractivity contribution in [2.75, 3.05) is 7.05 Å². The van der Waals surface area contributed by atoms with Crippen molar-refractivity contribution in [2.24, 2.45) is 5.73 Å². The molecule has 0 aromatic heterocycles. The van der Waals surface area contributed by atoms with E-state index in [0.717, 1.165) is 23.8 Å². The van der Waals surface area contributed by atoms with Crippen LogP contribution in [0.3, 0.4) is 0 Å². The zero-order valence-corrected chi connectivity index (χ0v) is 17.6. The fraction of sp³-hybridized carbons (Fsp3) is 0.500. The molecule has 0 radical (unpaired) electrons. The summed E-state index contributed by atoms with van der Waals surface area (Å²) in [5, 5.41) is 31.3. The summed E-state index contributed by atoms with van der Waals surface area (Å²) >= 11 is 0. The number of rotatable bonds is 11. The molecular formula is C22H33BN2O4. The fourth-order valence-electron chi connectivity index (χ4n) is 4.20. The van der Waals surface area contributed by atoms with E-state index < -0.39 is 24.6 Å². The molecule has 2 rings (SSSR count). The summed E-state index contributed by atoms with van der Waals surface area (Å²) in [5.74, 6) is -1.45. The van der Waals surface area contributed by atoms with Crippen molar-refractivity contribution in [3.05, 3.63) is 47.5 Å². The van der Waals surface area contributed by atoms with Gasteiger partial charge in [-0.05, 0) is 55.6 Å². The first-order valence-corrected chi connectivity index (χ1v) is 10.2. The van der Waals surface area contributed by atoms with Crippen LogP contribution < -0.4 is 5.73 Å². The van der Waals surface area contributed by atoms with E-state index in [0.29, 0.717) is 19.4 Å². The van der Waals surface area contributed by atoms with Gasteiger partial charge in [-0.25, -0.2) is 0 Å². The average molecular weight is 400 g/mol. The van der Waals surface area contributed by atoms with Crippen LogP contribution in [0.5, 0.6) is 0 Å².